The number of benzene rings is 1. The van der Waals surface area contributed by atoms with Gasteiger partial charge in [0.25, 0.3) is 5.91 Å². The van der Waals surface area contributed by atoms with Gasteiger partial charge in [0.15, 0.2) is 0 Å². The minimum absolute atomic E-state index is 0.0554. The van der Waals surface area contributed by atoms with Crippen LogP contribution in [0.3, 0.4) is 0 Å². The Labute approximate surface area is 146 Å². The first-order valence-corrected chi connectivity index (χ1v) is 8.76. The zero-order valence-electron chi connectivity index (χ0n) is 14.6. The molecular formula is C18H24FN5O. The van der Waals surface area contributed by atoms with E-state index in [4.69, 9.17) is 0 Å². The third kappa shape index (κ3) is 4.22. The lowest BCUT2D eigenvalue weighted by Gasteiger charge is -2.22. The molecule has 2 N–H and O–H groups in total. The fourth-order valence-electron chi connectivity index (χ4n) is 3.01. The number of amides is 1. The van der Waals surface area contributed by atoms with E-state index in [1.165, 1.54) is 12.1 Å². The van der Waals surface area contributed by atoms with Gasteiger partial charge in [-0.1, -0.05) is 19.9 Å². The summed E-state index contributed by atoms with van der Waals surface area (Å²) < 4.78 is 15.1. The van der Waals surface area contributed by atoms with Gasteiger partial charge >= 0.3 is 0 Å². The average molecular weight is 345 g/mol. The number of rotatable bonds is 5. The molecule has 134 valence electrons. The highest BCUT2D eigenvalue weighted by Crippen LogP contribution is 2.18. The van der Waals surface area contributed by atoms with Crippen LogP contribution in [0.2, 0.25) is 0 Å². The average Bonchev–Trinajstić information content (AvgIpc) is 3.06. The maximum absolute atomic E-state index is 13.5. The van der Waals surface area contributed by atoms with Crippen LogP contribution in [0.1, 0.15) is 49.1 Å². The van der Waals surface area contributed by atoms with Gasteiger partial charge in [0.05, 0.1) is 5.69 Å². The predicted molar refractivity (Wildman–Crippen MR) is 93.3 cm³/mol. The summed E-state index contributed by atoms with van der Waals surface area (Å²) in [6.45, 7) is 6.51. The number of piperidine rings is 1. The minimum Gasteiger partial charge on any atom is -0.349 e. The number of nitrogens with one attached hydrogen (secondary N) is 2. The second kappa shape index (κ2) is 7.74. The van der Waals surface area contributed by atoms with Crippen LogP contribution >= 0.6 is 0 Å². The van der Waals surface area contributed by atoms with E-state index in [0.717, 1.165) is 25.9 Å². The molecule has 1 saturated heterocycles. The Morgan fingerprint density at radius 2 is 2.32 bits per heavy atom. The molecule has 6 nitrogen and oxygen atoms in total. The summed E-state index contributed by atoms with van der Waals surface area (Å²) >= 11 is 0. The minimum atomic E-state index is -0.349. The number of hydrogen-bond acceptors (Lipinski definition) is 4. The molecule has 0 saturated carbocycles. The summed E-state index contributed by atoms with van der Waals surface area (Å²) in [5.41, 5.74) is 0.562. The van der Waals surface area contributed by atoms with Crippen molar-refractivity contribution in [2.45, 2.75) is 32.6 Å². The van der Waals surface area contributed by atoms with Crippen molar-refractivity contribution in [2.75, 3.05) is 19.6 Å². The van der Waals surface area contributed by atoms with Gasteiger partial charge in [-0.25, -0.2) is 14.1 Å². The van der Waals surface area contributed by atoms with Crippen LogP contribution in [-0.4, -0.2) is 40.3 Å². The number of halogens is 1. The van der Waals surface area contributed by atoms with Crippen molar-refractivity contribution in [3.8, 4) is 5.69 Å². The fourth-order valence-corrected chi connectivity index (χ4v) is 3.01. The van der Waals surface area contributed by atoms with Crippen LogP contribution in [0.25, 0.3) is 5.69 Å². The summed E-state index contributed by atoms with van der Waals surface area (Å²) in [4.78, 5) is 16.8. The monoisotopic (exact) mass is 345 g/mol. The third-order valence-electron chi connectivity index (χ3n) is 4.35. The molecule has 0 aliphatic carbocycles. The van der Waals surface area contributed by atoms with E-state index in [1.54, 1.807) is 16.8 Å². The Morgan fingerprint density at radius 3 is 3.00 bits per heavy atom. The highest BCUT2D eigenvalue weighted by atomic mass is 19.1. The molecule has 0 bridgehead atoms. The second-order valence-electron chi connectivity index (χ2n) is 6.76. The van der Waals surface area contributed by atoms with Crippen LogP contribution in [-0.2, 0) is 0 Å². The summed E-state index contributed by atoms with van der Waals surface area (Å²) in [6, 6.07) is 6.13. The van der Waals surface area contributed by atoms with Gasteiger partial charge in [-0.05, 0) is 50.0 Å². The molecule has 1 aromatic heterocycles. The summed E-state index contributed by atoms with van der Waals surface area (Å²) in [6.07, 6.45) is 2.24. The number of carbonyl (C=O) groups excluding carboxylic acids is 1. The molecule has 25 heavy (non-hydrogen) atoms. The van der Waals surface area contributed by atoms with Crippen LogP contribution in [0.5, 0.6) is 0 Å². The molecule has 1 unspecified atom stereocenters. The number of hydrogen-bond donors (Lipinski definition) is 2. The Morgan fingerprint density at radius 1 is 1.48 bits per heavy atom. The van der Waals surface area contributed by atoms with E-state index in [9.17, 15) is 9.18 Å². The summed E-state index contributed by atoms with van der Waals surface area (Å²) in [7, 11) is 0. The first-order valence-electron chi connectivity index (χ1n) is 8.76. The highest BCUT2D eigenvalue weighted by Gasteiger charge is 2.21. The van der Waals surface area contributed by atoms with E-state index in [1.807, 2.05) is 13.8 Å². The van der Waals surface area contributed by atoms with Gasteiger partial charge in [-0.3, -0.25) is 4.79 Å². The molecule has 1 aromatic carbocycles. The fraction of sp³-hybridized carbons (Fsp3) is 0.500. The highest BCUT2D eigenvalue weighted by molar-refractivity contribution is 5.90. The summed E-state index contributed by atoms with van der Waals surface area (Å²) in [5, 5.41) is 10.6. The predicted octanol–water partition coefficient (Wildman–Crippen LogP) is 2.26. The Balaban J connectivity index is 1.77. The SMILES string of the molecule is CC(C)c1nc(C(=O)NCC2CCCNC2)nn1-c1cccc(F)c1. The molecule has 1 aliphatic rings. The lowest BCUT2D eigenvalue weighted by molar-refractivity contribution is 0.0934. The molecular weight excluding hydrogens is 321 g/mol. The largest absolute Gasteiger partial charge is 0.349 e. The molecule has 0 radical (unpaired) electrons. The molecule has 2 heterocycles. The lowest BCUT2D eigenvalue weighted by Crippen LogP contribution is -2.38. The van der Waals surface area contributed by atoms with Crippen molar-refractivity contribution in [1.29, 1.82) is 0 Å². The number of carbonyl (C=O) groups is 1. The van der Waals surface area contributed by atoms with Crippen molar-refractivity contribution >= 4 is 5.91 Å². The third-order valence-corrected chi connectivity index (χ3v) is 4.35. The van der Waals surface area contributed by atoms with E-state index in [0.29, 0.717) is 24.0 Å². The molecule has 0 spiro atoms. The van der Waals surface area contributed by atoms with Crippen LogP contribution in [0.15, 0.2) is 24.3 Å². The van der Waals surface area contributed by atoms with Crippen molar-refractivity contribution in [1.82, 2.24) is 25.4 Å². The van der Waals surface area contributed by atoms with Gasteiger partial charge in [-0.2, -0.15) is 0 Å². The molecule has 7 heteroatoms. The Hall–Kier alpha value is -2.28. The zero-order chi connectivity index (χ0) is 17.8. The topological polar surface area (TPSA) is 71.8 Å². The van der Waals surface area contributed by atoms with E-state index in [2.05, 4.69) is 20.7 Å². The van der Waals surface area contributed by atoms with Crippen molar-refractivity contribution in [3.63, 3.8) is 0 Å². The maximum Gasteiger partial charge on any atom is 0.290 e. The van der Waals surface area contributed by atoms with Crippen LogP contribution < -0.4 is 10.6 Å². The standard InChI is InChI=1S/C18H24FN5O/c1-12(2)17-22-16(18(25)21-11-13-5-4-8-20-10-13)23-24(17)15-7-3-6-14(19)9-15/h3,6-7,9,12-13,20H,4-5,8,10-11H2,1-2H3,(H,21,25). The van der Waals surface area contributed by atoms with Crippen molar-refractivity contribution < 1.29 is 9.18 Å². The van der Waals surface area contributed by atoms with Gasteiger partial charge in [0.2, 0.25) is 5.82 Å². The molecule has 1 fully saturated rings. The van der Waals surface area contributed by atoms with Gasteiger partial charge in [0.1, 0.15) is 11.6 Å². The Bertz CT molecular complexity index is 737. The van der Waals surface area contributed by atoms with Crippen molar-refractivity contribution in [3.05, 3.63) is 41.7 Å². The molecule has 1 amide bonds. The van der Waals surface area contributed by atoms with Crippen LogP contribution in [0, 0.1) is 11.7 Å². The lowest BCUT2D eigenvalue weighted by atomic mass is 10.00. The van der Waals surface area contributed by atoms with Crippen LogP contribution in [0.4, 0.5) is 4.39 Å². The first kappa shape index (κ1) is 17.5. The number of nitrogens with zero attached hydrogens (tertiary/aromatic N) is 3. The molecule has 1 aliphatic heterocycles. The summed E-state index contributed by atoms with van der Waals surface area (Å²) in [5.74, 6) is 0.611. The first-order chi connectivity index (χ1) is 12.0. The van der Waals surface area contributed by atoms with Gasteiger partial charge < -0.3 is 10.6 Å². The second-order valence-corrected chi connectivity index (χ2v) is 6.76. The molecule has 1 atom stereocenters. The van der Waals surface area contributed by atoms with Crippen molar-refractivity contribution in [2.24, 2.45) is 5.92 Å². The zero-order valence-corrected chi connectivity index (χ0v) is 14.6. The Kier molecular flexibility index (Phi) is 5.43. The quantitative estimate of drug-likeness (QED) is 0.872. The molecule has 3 rings (SSSR count). The van der Waals surface area contributed by atoms with E-state index < -0.39 is 0 Å². The van der Waals surface area contributed by atoms with Gasteiger partial charge in [-0.15, -0.1) is 5.10 Å². The van der Waals surface area contributed by atoms with Gasteiger partial charge in [0, 0.05) is 12.5 Å². The van der Waals surface area contributed by atoms with E-state index in [-0.39, 0.29) is 23.5 Å². The normalized spacial score (nSPS) is 17.7. The smallest absolute Gasteiger partial charge is 0.290 e. The van der Waals surface area contributed by atoms with E-state index >= 15 is 0 Å². The molecule has 2 aromatic rings. The maximum atomic E-state index is 13.5. The number of aromatic nitrogens is 3.